The normalized spacial score (nSPS) is 15.0. The van der Waals surface area contributed by atoms with Crippen LogP contribution >= 0.6 is 10.7 Å². The van der Waals surface area contributed by atoms with Crippen LogP contribution in [-0.2, 0) is 18.9 Å². The monoisotopic (exact) mass is 315 g/mol. The summed E-state index contributed by atoms with van der Waals surface area (Å²) in [5.41, 5.74) is 0. The molecule has 0 aliphatic carbocycles. The van der Waals surface area contributed by atoms with Gasteiger partial charge in [-0.1, -0.05) is 0 Å². The molecule has 1 heterocycles. The second kappa shape index (κ2) is 4.78. The highest BCUT2D eigenvalue weighted by atomic mass is 35.7. The fraction of sp³-hybridized carbons (Fsp3) is 0.750. The fourth-order valence-corrected chi connectivity index (χ4v) is 2.95. The van der Waals surface area contributed by atoms with Gasteiger partial charge >= 0.3 is 0 Å². The van der Waals surface area contributed by atoms with Crippen LogP contribution in [0, 0.1) is 0 Å². The van der Waals surface area contributed by atoms with Gasteiger partial charge in [-0.3, -0.25) is 4.57 Å². The Morgan fingerprint density at radius 3 is 1.94 bits per heavy atom. The molecule has 0 spiro atoms. The second-order valence-corrected chi connectivity index (χ2v) is 9.04. The Hall–Kier alpha value is -0.670. The maximum absolute atomic E-state index is 11.5. The number of nitrogens with zero attached hydrogens (tertiary/aromatic N) is 3. The van der Waals surface area contributed by atoms with E-state index < -0.39 is 29.3 Å². The van der Waals surface area contributed by atoms with Gasteiger partial charge in [0.2, 0.25) is 0 Å². The molecule has 1 unspecified atom stereocenters. The minimum Gasteiger partial charge on any atom is -0.297 e. The Kier molecular flexibility index (Phi) is 4.09. The Morgan fingerprint density at radius 1 is 1.11 bits per heavy atom. The third-order valence-electron chi connectivity index (χ3n) is 2.43. The Morgan fingerprint density at radius 2 is 1.61 bits per heavy atom. The van der Waals surface area contributed by atoms with Crippen molar-refractivity contribution in [1.29, 1.82) is 0 Å². The molecule has 7 nitrogen and oxygen atoms in total. The van der Waals surface area contributed by atoms with E-state index in [1.54, 1.807) is 13.8 Å². The number of halogens is 1. The molecule has 1 aromatic rings. The lowest BCUT2D eigenvalue weighted by molar-refractivity contribution is 0.504. The van der Waals surface area contributed by atoms with Crippen molar-refractivity contribution in [2.75, 3.05) is 6.26 Å². The van der Waals surface area contributed by atoms with E-state index in [9.17, 15) is 16.8 Å². The summed E-state index contributed by atoms with van der Waals surface area (Å²) >= 11 is 0. The van der Waals surface area contributed by atoms with Crippen molar-refractivity contribution in [1.82, 2.24) is 14.8 Å². The summed E-state index contributed by atoms with van der Waals surface area (Å²) in [7, 11) is -2.24. The lowest BCUT2D eigenvalue weighted by atomic mass is 10.3. The number of rotatable bonds is 4. The SMILES string of the molecule is CC(C)n1c(C(C)S(C)(=O)=O)nnc1S(=O)(=O)Cl. The molecule has 0 saturated carbocycles. The predicted octanol–water partition coefficient (Wildman–Crippen LogP) is 0.892. The Labute approximate surface area is 111 Å². The molecule has 0 aromatic carbocycles. The number of sulfone groups is 1. The van der Waals surface area contributed by atoms with Crippen molar-refractivity contribution < 1.29 is 16.8 Å². The van der Waals surface area contributed by atoms with Crippen LogP contribution in [0.4, 0.5) is 0 Å². The van der Waals surface area contributed by atoms with Crippen molar-refractivity contribution in [3.05, 3.63) is 5.82 Å². The fourth-order valence-electron chi connectivity index (χ4n) is 1.41. The first-order valence-corrected chi connectivity index (χ1v) is 9.31. The van der Waals surface area contributed by atoms with E-state index in [1.807, 2.05) is 0 Å². The molecule has 0 amide bonds. The topological polar surface area (TPSA) is 99.0 Å². The van der Waals surface area contributed by atoms with E-state index in [0.29, 0.717) is 0 Å². The molecule has 1 atom stereocenters. The van der Waals surface area contributed by atoms with E-state index in [2.05, 4.69) is 10.2 Å². The van der Waals surface area contributed by atoms with Crippen LogP contribution in [0.1, 0.15) is 37.9 Å². The molecule has 104 valence electrons. The van der Waals surface area contributed by atoms with E-state index in [-0.39, 0.29) is 11.9 Å². The summed E-state index contributed by atoms with van der Waals surface area (Å²) in [6.45, 7) is 4.80. The summed E-state index contributed by atoms with van der Waals surface area (Å²) in [4.78, 5) is 0. The summed E-state index contributed by atoms with van der Waals surface area (Å²) < 4.78 is 46.9. The van der Waals surface area contributed by atoms with E-state index >= 15 is 0 Å². The molecule has 0 bridgehead atoms. The smallest absolute Gasteiger partial charge is 0.296 e. The molecule has 0 fully saturated rings. The van der Waals surface area contributed by atoms with Gasteiger partial charge in [-0.25, -0.2) is 16.8 Å². The Balaban J connectivity index is 3.55. The lowest BCUT2D eigenvalue weighted by Crippen LogP contribution is -2.17. The molecule has 0 saturated heterocycles. The van der Waals surface area contributed by atoms with Crippen molar-refractivity contribution in [2.24, 2.45) is 0 Å². The minimum atomic E-state index is -4.07. The lowest BCUT2D eigenvalue weighted by Gasteiger charge is -2.15. The van der Waals surface area contributed by atoms with E-state index in [4.69, 9.17) is 10.7 Å². The van der Waals surface area contributed by atoms with Crippen LogP contribution in [0.15, 0.2) is 5.16 Å². The average Bonchev–Trinajstić information content (AvgIpc) is 2.57. The van der Waals surface area contributed by atoms with Gasteiger partial charge in [0.1, 0.15) is 5.25 Å². The molecule has 1 aromatic heterocycles. The molecule has 0 N–H and O–H groups in total. The van der Waals surface area contributed by atoms with Crippen molar-refractivity contribution in [2.45, 2.75) is 37.2 Å². The zero-order valence-electron chi connectivity index (χ0n) is 10.3. The molecule has 0 aliphatic rings. The van der Waals surface area contributed by atoms with Crippen LogP contribution in [-0.4, -0.2) is 37.9 Å². The first kappa shape index (κ1) is 15.4. The molecular weight excluding hydrogens is 302 g/mol. The predicted molar refractivity (Wildman–Crippen MR) is 66.7 cm³/mol. The Bertz CT molecular complexity index is 648. The molecule has 10 heteroatoms. The first-order chi connectivity index (χ1) is 7.96. The van der Waals surface area contributed by atoms with Crippen molar-refractivity contribution in [3.63, 3.8) is 0 Å². The van der Waals surface area contributed by atoms with Crippen molar-refractivity contribution >= 4 is 29.6 Å². The molecule has 0 aliphatic heterocycles. The van der Waals surface area contributed by atoms with Gasteiger partial charge in [-0.05, 0) is 20.8 Å². The third kappa shape index (κ3) is 3.01. The second-order valence-electron chi connectivity index (χ2n) is 4.21. The molecule has 0 radical (unpaired) electrons. The zero-order valence-corrected chi connectivity index (χ0v) is 12.7. The molecule has 18 heavy (non-hydrogen) atoms. The van der Waals surface area contributed by atoms with Gasteiger partial charge in [0.05, 0.1) is 0 Å². The summed E-state index contributed by atoms with van der Waals surface area (Å²) in [6.07, 6.45) is 1.05. The number of hydrogen-bond donors (Lipinski definition) is 0. The van der Waals surface area contributed by atoms with Gasteiger partial charge in [-0.15, -0.1) is 10.2 Å². The third-order valence-corrected chi connectivity index (χ3v) is 5.06. The van der Waals surface area contributed by atoms with Crippen LogP contribution in [0.2, 0.25) is 0 Å². The summed E-state index contributed by atoms with van der Waals surface area (Å²) in [6, 6.07) is -0.331. The zero-order chi connectivity index (χ0) is 14.3. The maximum Gasteiger partial charge on any atom is 0.296 e. The first-order valence-electron chi connectivity index (χ1n) is 5.04. The maximum atomic E-state index is 11.5. The number of hydrogen-bond acceptors (Lipinski definition) is 6. The standard InChI is InChI=1S/C8H14ClN3O4S2/c1-5(2)12-7(6(3)17(4,13)14)10-11-8(12)18(9,15)16/h5-6H,1-4H3. The number of aromatic nitrogens is 3. The van der Waals surface area contributed by atoms with Crippen molar-refractivity contribution in [3.8, 4) is 0 Å². The van der Waals surface area contributed by atoms with E-state index in [1.165, 1.54) is 11.5 Å². The highest BCUT2D eigenvalue weighted by molar-refractivity contribution is 8.13. The quantitative estimate of drug-likeness (QED) is 0.765. The van der Waals surface area contributed by atoms with Gasteiger partial charge < -0.3 is 0 Å². The summed E-state index contributed by atoms with van der Waals surface area (Å²) in [5, 5.41) is 5.71. The van der Waals surface area contributed by atoms with Gasteiger partial charge in [0, 0.05) is 23.0 Å². The highest BCUT2D eigenvalue weighted by Gasteiger charge is 2.30. The van der Waals surface area contributed by atoms with E-state index in [0.717, 1.165) is 6.26 Å². The van der Waals surface area contributed by atoms with Gasteiger partial charge in [0.25, 0.3) is 14.2 Å². The van der Waals surface area contributed by atoms with Crippen LogP contribution < -0.4 is 0 Å². The van der Waals surface area contributed by atoms with Gasteiger partial charge in [0.15, 0.2) is 15.7 Å². The summed E-state index contributed by atoms with van der Waals surface area (Å²) in [5.74, 6) is 0.0618. The highest BCUT2D eigenvalue weighted by Crippen LogP contribution is 2.26. The average molecular weight is 316 g/mol. The van der Waals surface area contributed by atoms with Crippen LogP contribution in [0.25, 0.3) is 0 Å². The minimum absolute atomic E-state index is 0.0618. The van der Waals surface area contributed by atoms with Gasteiger partial charge in [-0.2, -0.15) is 0 Å². The largest absolute Gasteiger partial charge is 0.297 e. The molecular formula is C8H14ClN3O4S2. The van der Waals surface area contributed by atoms with Crippen LogP contribution in [0.5, 0.6) is 0 Å². The molecule has 1 rings (SSSR count). The van der Waals surface area contributed by atoms with Crippen LogP contribution in [0.3, 0.4) is 0 Å².